The Morgan fingerprint density at radius 1 is 0.882 bits per heavy atom. The van der Waals surface area contributed by atoms with Crippen molar-refractivity contribution in [1.29, 1.82) is 0 Å². The normalized spacial score (nSPS) is 19.6. The minimum absolute atomic E-state index is 0.0179. The third-order valence-electron chi connectivity index (χ3n) is 7.18. The highest BCUT2D eigenvalue weighted by Crippen LogP contribution is 2.44. The van der Waals surface area contributed by atoms with E-state index in [2.05, 4.69) is 54.3 Å². The van der Waals surface area contributed by atoms with Crippen LogP contribution in [0.15, 0.2) is 66.7 Å². The standard InChI is InChI=1S/C29H32N2O3/c1-20-18-26(30-17-9-8-11-21-10-4-6-13-24(21)30)23-12-5-7-14-25(23)31(20)29(32)22-15-16-27(33-2)28(19-22)34-3/h4-7,10,12-16,19-20,26H,8-9,11,17-18H2,1-3H3. The number of benzene rings is 3. The molecule has 3 aromatic rings. The Labute approximate surface area is 201 Å². The molecule has 2 aliphatic rings. The van der Waals surface area contributed by atoms with E-state index in [9.17, 15) is 4.79 Å². The number of methoxy groups -OCH3 is 2. The molecular weight excluding hydrogens is 424 g/mol. The number of hydrogen-bond donors (Lipinski definition) is 0. The number of amides is 1. The molecule has 3 aromatic carbocycles. The van der Waals surface area contributed by atoms with Crippen LogP contribution in [0.4, 0.5) is 11.4 Å². The SMILES string of the molecule is COc1ccc(C(=O)N2c3ccccc3C(N3CCCCc4ccccc43)CC2C)cc1OC. The molecule has 0 spiro atoms. The largest absolute Gasteiger partial charge is 0.493 e. The minimum atomic E-state index is -0.0179. The third kappa shape index (κ3) is 3.89. The number of carbonyl (C=O) groups excluding carboxylic acids is 1. The Morgan fingerprint density at radius 2 is 1.62 bits per heavy atom. The summed E-state index contributed by atoms with van der Waals surface area (Å²) in [6.45, 7) is 3.19. The van der Waals surface area contributed by atoms with Gasteiger partial charge in [-0.1, -0.05) is 36.4 Å². The van der Waals surface area contributed by atoms with Crippen molar-refractivity contribution in [3.05, 3.63) is 83.4 Å². The van der Waals surface area contributed by atoms with Crippen LogP contribution in [-0.2, 0) is 6.42 Å². The minimum Gasteiger partial charge on any atom is -0.493 e. The number of hydrogen-bond acceptors (Lipinski definition) is 4. The van der Waals surface area contributed by atoms with Crippen molar-refractivity contribution in [2.24, 2.45) is 0 Å². The quantitative estimate of drug-likeness (QED) is 0.481. The molecule has 0 N–H and O–H groups in total. The highest BCUT2D eigenvalue weighted by molar-refractivity contribution is 6.07. The highest BCUT2D eigenvalue weighted by Gasteiger charge is 2.37. The van der Waals surface area contributed by atoms with Crippen LogP contribution in [0.1, 0.15) is 53.7 Å². The van der Waals surface area contributed by atoms with Gasteiger partial charge in [0.15, 0.2) is 11.5 Å². The second-order valence-electron chi connectivity index (χ2n) is 9.18. The lowest BCUT2D eigenvalue weighted by atomic mass is 9.89. The fraction of sp³-hybridized carbons (Fsp3) is 0.345. The van der Waals surface area contributed by atoms with Crippen LogP contribution in [0, 0.1) is 0 Å². The lowest BCUT2D eigenvalue weighted by Crippen LogP contribution is -2.46. The second kappa shape index (κ2) is 9.41. The first-order valence-electron chi connectivity index (χ1n) is 12.1. The van der Waals surface area contributed by atoms with Crippen LogP contribution in [0.2, 0.25) is 0 Å². The van der Waals surface area contributed by atoms with Crippen molar-refractivity contribution in [3.8, 4) is 11.5 Å². The molecule has 0 radical (unpaired) electrons. The zero-order valence-corrected chi connectivity index (χ0v) is 20.2. The first kappa shape index (κ1) is 22.3. The molecule has 0 saturated heterocycles. The zero-order valence-electron chi connectivity index (χ0n) is 20.2. The molecule has 34 heavy (non-hydrogen) atoms. The van der Waals surface area contributed by atoms with Crippen LogP contribution in [0.25, 0.3) is 0 Å². The van der Waals surface area contributed by atoms with Crippen molar-refractivity contribution in [1.82, 2.24) is 0 Å². The summed E-state index contributed by atoms with van der Waals surface area (Å²) in [5, 5.41) is 0. The summed E-state index contributed by atoms with van der Waals surface area (Å²) in [5.41, 5.74) is 5.57. The number of para-hydroxylation sites is 2. The van der Waals surface area contributed by atoms with E-state index in [0.717, 1.165) is 25.1 Å². The van der Waals surface area contributed by atoms with Gasteiger partial charge in [0, 0.05) is 29.5 Å². The van der Waals surface area contributed by atoms with Crippen LogP contribution in [-0.4, -0.2) is 32.7 Å². The van der Waals surface area contributed by atoms with Crippen molar-refractivity contribution in [2.75, 3.05) is 30.6 Å². The number of anilines is 2. The molecule has 0 aromatic heterocycles. The van der Waals surface area contributed by atoms with Gasteiger partial charge in [0.25, 0.3) is 5.91 Å². The summed E-state index contributed by atoms with van der Waals surface area (Å²) < 4.78 is 10.8. The number of rotatable bonds is 4. The first-order valence-corrected chi connectivity index (χ1v) is 12.1. The van der Waals surface area contributed by atoms with Crippen molar-refractivity contribution in [3.63, 3.8) is 0 Å². The van der Waals surface area contributed by atoms with Gasteiger partial charge in [0.05, 0.1) is 20.3 Å². The number of aryl methyl sites for hydroxylation is 1. The molecule has 2 aliphatic heterocycles. The molecule has 5 rings (SSSR count). The van der Waals surface area contributed by atoms with Gasteiger partial charge >= 0.3 is 0 Å². The fourth-order valence-electron chi connectivity index (χ4n) is 5.54. The van der Waals surface area contributed by atoms with E-state index in [1.165, 1.54) is 29.7 Å². The topological polar surface area (TPSA) is 42.0 Å². The van der Waals surface area contributed by atoms with Crippen LogP contribution in [0.5, 0.6) is 11.5 Å². The predicted molar refractivity (Wildman–Crippen MR) is 136 cm³/mol. The Morgan fingerprint density at radius 3 is 2.41 bits per heavy atom. The van der Waals surface area contributed by atoms with Crippen LogP contribution >= 0.6 is 0 Å². The van der Waals surface area contributed by atoms with E-state index in [1.54, 1.807) is 26.4 Å². The molecule has 2 atom stereocenters. The first-order chi connectivity index (χ1) is 16.6. The number of carbonyl (C=O) groups is 1. The van der Waals surface area contributed by atoms with Crippen molar-refractivity contribution < 1.29 is 14.3 Å². The summed E-state index contributed by atoms with van der Waals surface area (Å²) in [6, 6.07) is 22.9. The van der Waals surface area contributed by atoms with Gasteiger partial charge in [-0.15, -0.1) is 0 Å². The molecule has 5 nitrogen and oxygen atoms in total. The summed E-state index contributed by atoms with van der Waals surface area (Å²) in [6.07, 6.45) is 4.39. The van der Waals surface area contributed by atoms with Gasteiger partial charge in [-0.25, -0.2) is 0 Å². The smallest absolute Gasteiger partial charge is 0.258 e. The van der Waals surface area contributed by atoms with E-state index in [0.29, 0.717) is 17.1 Å². The average Bonchev–Trinajstić information content (AvgIpc) is 3.10. The molecule has 2 unspecified atom stereocenters. The van der Waals surface area contributed by atoms with E-state index in [4.69, 9.17) is 9.47 Å². The molecule has 0 aliphatic carbocycles. The Balaban J connectivity index is 1.54. The van der Waals surface area contributed by atoms with Crippen molar-refractivity contribution >= 4 is 17.3 Å². The average molecular weight is 457 g/mol. The molecule has 0 bridgehead atoms. The summed E-state index contributed by atoms with van der Waals surface area (Å²) in [7, 11) is 3.19. The van der Waals surface area contributed by atoms with Crippen LogP contribution < -0.4 is 19.3 Å². The molecule has 5 heteroatoms. The highest BCUT2D eigenvalue weighted by atomic mass is 16.5. The lowest BCUT2D eigenvalue weighted by molar-refractivity contribution is 0.0973. The van der Waals surface area contributed by atoms with Crippen molar-refractivity contribution in [2.45, 2.75) is 44.7 Å². The zero-order chi connectivity index (χ0) is 23.7. The monoisotopic (exact) mass is 456 g/mol. The maximum absolute atomic E-state index is 13.8. The Bertz CT molecular complexity index is 1190. The molecule has 0 fully saturated rings. The van der Waals surface area contributed by atoms with Crippen LogP contribution in [0.3, 0.4) is 0 Å². The lowest BCUT2D eigenvalue weighted by Gasteiger charge is -2.44. The van der Waals surface area contributed by atoms with E-state index in [1.807, 2.05) is 17.0 Å². The predicted octanol–water partition coefficient (Wildman–Crippen LogP) is 6.03. The molecule has 176 valence electrons. The van der Waals surface area contributed by atoms with Gasteiger partial charge in [0.2, 0.25) is 0 Å². The summed E-state index contributed by atoms with van der Waals surface area (Å²) in [4.78, 5) is 18.3. The molecule has 2 heterocycles. The van der Waals surface area contributed by atoms with E-state index < -0.39 is 0 Å². The Kier molecular flexibility index (Phi) is 6.18. The van der Waals surface area contributed by atoms with E-state index >= 15 is 0 Å². The summed E-state index contributed by atoms with van der Waals surface area (Å²) in [5.74, 6) is 1.16. The summed E-state index contributed by atoms with van der Waals surface area (Å²) >= 11 is 0. The molecule has 1 amide bonds. The van der Waals surface area contributed by atoms with Gasteiger partial charge < -0.3 is 19.3 Å². The molecule has 0 saturated carbocycles. The van der Waals surface area contributed by atoms with E-state index in [-0.39, 0.29) is 18.0 Å². The second-order valence-corrected chi connectivity index (χ2v) is 9.18. The Hall–Kier alpha value is -3.47. The maximum Gasteiger partial charge on any atom is 0.258 e. The van der Waals surface area contributed by atoms with Gasteiger partial charge in [-0.2, -0.15) is 0 Å². The third-order valence-corrected chi connectivity index (χ3v) is 7.18. The number of nitrogens with zero attached hydrogens (tertiary/aromatic N) is 2. The van der Waals surface area contributed by atoms with Gasteiger partial charge in [0.1, 0.15) is 0 Å². The number of fused-ring (bicyclic) bond motifs is 2. The van der Waals surface area contributed by atoms with Gasteiger partial charge in [-0.3, -0.25) is 4.79 Å². The molecular formula is C29H32N2O3. The van der Waals surface area contributed by atoms with Gasteiger partial charge in [-0.05, 0) is 74.1 Å². The fourth-order valence-corrected chi connectivity index (χ4v) is 5.54. The number of ether oxygens (including phenoxy) is 2. The maximum atomic E-state index is 13.8.